The van der Waals surface area contributed by atoms with E-state index in [2.05, 4.69) is 36.4 Å². The molecule has 0 fully saturated rings. The molecule has 0 bridgehead atoms. The van der Waals surface area contributed by atoms with Crippen molar-refractivity contribution in [3.05, 3.63) is 65.2 Å². The predicted octanol–water partition coefficient (Wildman–Crippen LogP) is 2.98. The fourth-order valence-corrected chi connectivity index (χ4v) is 3.37. The molecule has 2 aromatic carbocycles. The second-order valence-corrected chi connectivity index (χ2v) is 5.82. The quantitative estimate of drug-likeness (QED) is 0.924. The Morgan fingerprint density at radius 2 is 1.60 bits per heavy atom. The first-order valence-electron chi connectivity index (χ1n) is 7.15. The summed E-state index contributed by atoms with van der Waals surface area (Å²) in [6, 6.07) is 17.0. The molecule has 0 heterocycles. The minimum atomic E-state index is 0.137. The molecule has 0 aromatic heterocycles. The number of fused-ring (bicyclic) bond motifs is 1. The number of hydrogen-bond acceptors (Lipinski definition) is 2. The lowest BCUT2D eigenvalue weighted by Gasteiger charge is -2.28. The first-order chi connectivity index (χ1) is 9.76. The number of methoxy groups -OCH3 is 1. The average molecular weight is 267 g/mol. The zero-order chi connectivity index (χ0) is 14.0. The van der Waals surface area contributed by atoms with E-state index in [0.29, 0.717) is 6.54 Å². The Kier molecular flexibility index (Phi) is 3.49. The second kappa shape index (κ2) is 5.29. The molecule has 0 spiro atoms. The van der Waals surface area contributed by atoms with Gasteiger partial charge in [-0.2, -0.15) is 0 Å². The van der Waals surface area contributed by atoms with Gasteiger partial charge in [-0.3, -0.25) is 0 Å². The zero-order valence-electron chi connectivity index (χ0n) is 11.9. The predicted molar refractivity (Wildman–Crippen MR) is 82.0 cm³/mol. The molecule has 104 valence electrons. The van der Waals surface area contributed by atoms with Crippen molar-refractivity contribution in [2.24, 2.45) is 11.1 Å². The lowest BCUT2D eigenvalue weighted by Crippen LogP contribution is -2.33. The minimum absolute atomic E-state index is 0.137. The molecule has 2 nitrogen and oxygen atoms in total. The van der Waals surface area contributed by atoms with E-state index in [1.807, 2.05) is 12.1 Å². The van der Waals surface area contributed by atoms with E-state index in [0.717, 1.165) is 25.0 Å². The number of rotatable bonds is 4. The summed E-state index contributed by atoms with van der Waals surface area (Å²) in [5.74, 6) is 0.969. The summed E-state index contributed by atoms with van der Waals surface area (Å²) < 4.78 is 5.48. The molecule has 0 aliphatic heterocycles. The number of hydrogen-bond donors (Lipinski definition) is 1. The Labute approximate surface area is 120 Å². The van der Waals surface area contributed by atoms with Gasteiger partial charge in [0.25, 0.3) is 0 Å². The molecule has 0 radical (unpaired) electrons. The van der Waals surface area contributed by atoms with E-state index in [1.165, 1.54) is 16.7 Å². The molecular weight excluding hydrogens is 246 g/mol. The molecule has 1 aliphatic carbocycles. The van der Waals surface area contributed by atoms with Crippen LogP contribution in [0.2, 0.25) is 0 Å². The van der Waals surface area contributed by atoms with Gasteiger partial charge in [-0.05, 0) is 54.0 Å². The molecule has 0 unspecified atom stereocenters. The van der Waals surface area contributed by atoms with Crippen molar-refractivity contribution < 1.29 is 4.74 Å². The van der Waals surface area contributed by atoms with Crippen molar-refractivity contribution >= 4 is 0 Å². The van der Waals surface area contributed by atoms with Gasteiger partial charge in [0.15, 0.2) is 0 Å². The largest absolute Gasteiger partial charge is 0.496 e. The van der Waals surface area contributed by atoms with Crippen molar-refractivity contribution in [3.8, 4) is 5.75 Å². The van der Waals surface area contributed by atoms with E-state index < -0.39 is 0 Å². The Hall–Kier alpha value is -1.80. The summed E-state index contributed by atoms with van der Waals surface area (Å²) in [7, 11) is 1.73. The van der Waals surface area contributed by atoms with Crippen LogP contribution in [-0.4, -0.2) is 13.7 Å². The van der Waals surface area contributed by atoms with Crippen molar-refractivity contribution in [3.63, 3.8) is 0 Å². The Balaban J connectivity index is 1.89. The maximum absolute atomic E-state index is 6.15. The maximum atomic E-state index is 6.15. The molecule has 1 aliphatic rings. The van der Waals surface area contributed by atoms with E-state index in [9.17, 15) is 0 Å². The van der Waals surface area contributed by atoms with E-state index in [-0.39, 0.29) is 5.41 Å². The molecule has 2 N–H and O–H groups in total. The van der Waals surface area contributed by atoms with Gasteiger partial charge < -0.3 is 10.5 Å². The van der Waals surface area contributed by atoms with Gasteiger partial charge in [0.05, 0.1) is 7.11 Å². The van der Waals surface area contributed by atoms with Crippen LogP contribution in [0.5, 0.6) is 5.75 Å². The molecule has 20 heavy (non-hydrogen) atoms. The normalized spacial score (nSPS) is 15.9. The van der Waals surface area contributed by atoms with Gasteiger partial charge in [0.2, 0.25) is 0 Å². The van der Waals surface area contributed by atoms with Gasteiger partial charge in [-0.1, -0.05) is 42.5 Å². The molecule has 0 atom stereocenters. The van der Waals surface area contributed by atoms with E-state index >= 15 is 0 Å². The Bertz CT molecular complexity index is 581. The smallest absolute Gasteiger partial charge is 0.122 e. The van der Waals surface area contributed by atoms with Gasteiger partial charge in [-0.15, -0.1) is 0 Å². The molecular formula is C18H21NO. The summed E-state index contributed by atoms with van der Waals surface area (Å²) >= 11 is 0. The van der Waals surface area contributed by atoms with Crippen LogP contribution >= 0.6 is 0 Å². The van der Waals surface area contributed by atoms with Crippen LogP contribution < -0.4 is 10.5 Å². The zero-order valence-corrected chi connectivity index (χ0v) is 11.9. The monoisotopic (exact) mass is 267 g/mol. The molecule has 2 aromatic rings. The van der Waals surface area contributed by atoms with Crippen molar-refractivity contribution in [1.29, 1.82) is 0 Å². The van der Waals surface area contributed by atoms with Crippen LogP contribution in [0.3, 0.4) is 0 Å². The van der Waals surface area contributed by atoms with Gasteiger partial charge >= 0.3 is 0 Å². The highest BCUT2D eigenvalue weighted by Crippen LogP contribution is 2.40. The first kappa shape index (κ1) is 13.2. The van der Waals surface area contributed by atoms with Crippen LogP contribution in [0, 0.1) is 5.41 Å². The van der Waals surface area contributed by atoms with Crippen molar-refractivity contribution in [1.82, 2.24) is 0 Å². The number of para-hydroxylation sites is 1. The summed E-state index contributed by atoms with van der Waals surface area (Å²) in [5, 5.41) is 0. The summed E-state index contributed by atoms with van der Waals surface area (Å²) in [6.07, 6.45) is 3.11. The lowest BCUT2D eigenvalue weighted by atomic mass is 9.78. The lowest BCUT2D eigenvalue weighted by molar-refractivity contribution is 0.307. The third kappa shape index (κ3) is 2.32. The topological polar surface area (TPSA) is 35.2 Å². The third-order valence-corrected chi connectivity index (χ3v) is 4.44. The van der Waals surface area contributed by atoms with Crippen LogP contribution in [0.4, 0.5) is 0 Å². The summed E-state index contributed by atoms with van der Waals surface area (Å²) in [6.45, 7) is 0.708. The summed E-state index contributed by atoms with van der Waals surface area (Å²) in [5.41, 5.74) is 10.4. The van der Waals surface area contributed by atoms with E-state index in [1.54, 1.807) is 7.11 Å². The number of benzene rings is 2. The van der Waals surface area contributed by atoms with Crippen LogP contribution in [0.1, 0.15) is 16.7 Å². The first-order valence-corrected chi connectivity index (χ1v) is 7.15. The van der Waals surface area contributed by atoms with Crippen LogP contribution in [0.15, 0.2) is 48.5 Å². The number of nitrogens with two attached hydrogens (primary N) is 1. The van der Waals surface area contributed by atoms with Gasteiger partial charge in [-0.25, -0.2) is 0 Å². The highest BCUT2D eigenvalue weighted by atomic mass is 16.5. The van der Waals surface area contributed by atoms with Crippen molar-refractivity contribution in [2.45, 2.75) is 19.3 Å². The fourth-order valence-electron chi connectivity index (χ4n) is 3.37. The van der Waals surface area contributed by atoms with Gasteiger partial charge in [0, 0.05) is 0 Å². The highest BCUT2D eigenvalue weighted by Gasteiger charge is 2.36. The van der Waals surface area contributed by atoms with Crippen LogP contribution in [-0.2, 0) is 19.3 Å². The SMILES string of the molecule is COc1ccccc1CC1(CN)Cc2ccccc2C1. The molecule has 3 rings (SSSR count). The Morgan fingerprint density at radius 1 is 1.00 bits per heavy atom. The number of ether oxygens (including phenoxy) is 1. The molecule has 0 amide bonds. The molecule has 0 saturated carbocycles. The summed E-state index contributed by atoms with van der Waals surface area (Å²) in [4.78, 5) is 0. The van der Waals surface area contributed by atoms with E-state index in [4.69, 9.17) is 10.5 Å². The average Bonchev–Trinajstić information content (AvgIpc) is 2.86. The van der Waals surface area contributed by atoms with Gasteiger partial charge in [0.1, 0.15) is 5.75 Å². The minimum Gasteiger partial charge on any atom is -0.496 e. The van der Waals surface area contributed by atoms with Crippen LogP contribution in [0.25, 0.3) is 0 Å². The standard InChI is InChI=1S/C18H21NO/c1-20-17-9-5-4-8-16(17)12-18(13-19)10-14-6-2-3-7-15(14)11-18/h2-9H,10-13,19H2,1H3. The molecule has 0 saturated heterocycles. The second-order valence-electron chi connectivity index (χ2n) is 5.82. The Morgan fingerprint density at radius 3 is 2.20 bits per heavy atom. The fraction of sp³-hybridized carbons (Fsp3) is 0.333. The third-order valence-electron chi connectivity index (χ3n) is 4.44. The maximum Gasteiger partial charge on any atom is 0.122 e. The molecule has 2 heteroatoms. The van der Waals surface area contributed by atoms with Crippen molar-refractivity contribution in [2.75, 3.05) is 13.7 Å². The highest BCUT2D eigenvalue weighted by molar-refractivity contribution is 5.39.